The van der Waals surface area contributed by atoms with Crippen molar-refractivity contribution in [2.24, 2.45) is 0 Å². The molecule has 0 fully saturated rings. The van der Waals surface area contributed by atoms with E-state index in [-0.39, 0.29) is 17.1 Å². The highest BCUT2D eigenvalue weighted by molar-refractivity contribution is 6.17. The Morgan fingerprint density at radius 3 is 2.50 bits per heavy atom. The summed E-state index contributed by atoms with van der Waals surface area (Å²) in [7, 11) is 0. The van der Waals surface area contributed by atoms with E-state index in [1.54, 1.807) is 0 Å². The number of aliphatic hydroxyl groups is 1. The summed E-state index contributed by atoms with van der Waals surface area (Å²) in [5.74, 6) is -2.69. The Hall–Kier alpha value is -1.08. The van der Waals surface area contributed by atoms with Gasteiger partial charge in [0.05, 0.1) is 12.3 Å². The van der Waals surface area contributed by atoms with Crippen LogP contribution in [-0.4, -0.2) is 16.5 Å². The van der Waals surface area contributed by atoms with E-state index in [0.29, 0.717) is 0 Å². The Morgan fingerprint density at radius 1 is 1.44 bits per heavy atom. The van der Waals surface area contributed by atoms with E-state index in [2.05, 4.69) is 9.72 Å². The van der Waals surface area contributed by atoms with E-state index in [4.69, 9.17) is 16.7 Å². The Labute approximate surface area is 92.6 Å². The van der Waals surface area contributed by atoms with Crippen molar-refractivity contribution in [1.82, 2.24) is 4.98 Å². The van der Waals surface area contributed by atoms with E-state index in [1.807, 2.05) is 0 Å². The molecule has 8 heteroatoms. The Bertz CT molecular complexity index is 383. The quantitative estimate of drug-likeness (QED) is 0.669. The van der Waals surface area contributed by atoms with Gasteiger partial charge in [-0.05, 0) is 11.6 Å². The second-order valence-electron chi connectivity index (χ2n) is 2.72. The fourth-order valence-corrected chi connectivity index (χ4v) is 1.21. The standard InChI is InChI=1S/C8H6ClF4NO2/c9-2-4-1-5(10)7(14-6(4)3-15)16-8(11,12)13/h1,15H,2-3H2. The first-order valence-electron chi connectivity index (χ1n) is 3.98. The van der Waals surface area contributed by atoms with Crippen molar-refractivity contribution in [3.63, 3.8) is 0 Å². The predicted octanol–water partition coefficient (Wildman–Crippen LogP) is 2.35. The van der Waals surface area contributed by atoms with Crippen molar-refractivity contribution in [3.8, 4) is 5.88 Å². The second-order valence-corrected chi connectivity index (χ2v) is 2.99. The maximum absolute atomic E-state index is 13.1. The molecule has 1 aromatic rings. The van der Waals surface area contributed by atoms with Crippen LogP contribution in [-0.2, 0) is 12.5 Å². The number of alkyl halides is 4. The number of hydrogen-bond donors (Lipinski definition) is 1. The summed E-state index contributed by atoms with van der Waals surface area (Å²) in [5.41, 5.74) is -0.0492. The van der Waals surface area contributed by atoms with Crippen LogP contribution >= 0.6 is 11.6 Å². The topological polar surface area (TPSA) is 42.4 Å². The van der Waals surface area contributed by atoms with Crippen molar-refractivity contribution in [2.75, 3.05) is 0 Å². The number of halogens is 5. The first-order chi connectivity index (χ1) is 7.37. The van der Waals surface area contributed by atoms with Gasteiger partial charge in [-0.15, -0.1) is 24.8 Å². The van der Waals surface area contributed by atoms with Gasteiger partial charge in [-0.25, -0.2) is 9.37 Å². The third-order valence-corrected chi connectivity index (χ3v) is 1.91. The zero-order valence-electron chi connectivity index (χ0n) is 7.68. The van der Waals surface area contributed by atoms with E-state index in [1.165, 1.54) is 0 Å². The SMILES string of the molecule is OCc1nc(OC(F)(F)F)c(F)cc1CCl. The van der Waals surface area contributed by atoms with Gasteiger partial charge >= 0.3 is 6.36 Å². The molecule has 16 heavy (non-hydrogen) atoms. The Morgan fingerprint density at radius 2 is 2.06 bits per heavy atom. The molecular weight excluding hydrogens is 254 g/mol. The lowest BCUT2D eigenvalue weighted by atomic mass is 10.2. The second kappa shape index (κ2) is 4.84. The van der Waals surface area contributed by atoms with Gasteiger partial charge in [-0.3, -0.25) is 0 Å². The lowest BCUT2D eigenvalue weighted by Gasteiger charge is -2.11. The average molecular weight is 260 g/mol. The molecule has 0 unspecified atom stereocenters. The third-order valence-electron chi connectivity index (χ3n) is 1.62. The molecule has 0 radical (unpaired) electrons. The summed E-state index contributed by atoms with van der Waals surface area (Å²) in [6.07, 6.45) is -5.04. The van der Waals surface area contributed by atoms with E-state index >= 15 is 0 Å². The smallest absolute Gasteiger partial charge is 0.390 e. The molecular formula is C8H6ClF4NO2. The Balaban J connectivity index is 3.11. The number of aromatic nitrogens is 1. The van der Waals surface area contributed by atoms with Crippen molar-refractivity contribution in [2.45, 2.75) is 18.8 Å². The van der Waals surface area contributed by atoms with Crippen LogP contribution in [0.3, 0.4) is 0 Å². The van der Waals surface area contributed by atoms with Crippen LogP contribution in [0.1, 0.15) is 11.3 Å². The van der Waals surface area contributed by atoms with Crippen LogP contribution in [0.2, 0.25) is 0 Å². The first kappa shape index (κ1) is 13.0. The molecule has 0 spiro atoms. The summed E-state index contributed by atoms with van der Waals surface area (Å²) in [5, 5.41) is 8.78. The van der Waals surface area contributed by atoms with Crippen LogP contribution < -0.4 is 4.74 Å². The van der Waals surface area contributed by atoms with Crippen molar-refractivity contribution in [1.29, 1.82) is 0 Å². The van der Waals surface area contributed by atoms with E-state index in [9.17, 15) is 17.6 Å². The molecule has 1 aromatic heterocycles. The lowest BCUT2D eigenvalue weighted by molar-refractivity contribution is -0.277. The minimum absolute atomic E-state index is 0.108. The summed E-state index contributed by atoms with van der Waals surface area (Å²) in [6.45, 7) is -0.656. The monoisotopic (exact) mass is 259 g/mol. The zero-order chi connectivity index (χ0) is 12.3. The minimum atomic E-state index is -5.04. The van der Waals surface area contributed by atoms with Gasteiger partial charge in [0.2, 0.25) is 0 Å². The molecule has 0 aromatic carbocycles. The zero-order valence-corrected chi connectivity index (χ0v) is 8.44. The third kappa shape index (κ3) is 3.21. The minimum Gasteiger partial charge on any atom is -0.390 e. The molecule has 0 bridgehead atoms. The molecule has 90 valence electrons. The summed E-state index contributed by atoms with van der Waals surface area (Å²) >= 11 is 5.39. The number of hydrogen-bond acceptors (Lipinski definition) is 3. The predicted molar refractivity (Wildman–Crippen MR) is 46.4 cm³/mol. The summed E-state index contributed by atoms with van der Waals surface area (Å²) < 4.78 is 51.9. The van der Waals surface area contributed by atoms with Gasteiger partial charge in [-0.1, -0.05) is 0 Å². The van der Waals surface area contributed by atoms with Gasteiger partial charge in [-0.2, -0.15) is 0 Å². The van der Waals surface area contributed by atoms with Crippen LogP contribution in [0, 0.1) is 5.82 Å². The molecule has 1 rings (SSSR count). The fourth-order valence-electron chi connectivity index (χ4n) is 0.980. The number of nitrogens with zero attached hydrogens (tertiary/aromatic N) is 1. The maximum atomic E-state index is 13.1. The van der Waals surface area contributed by atoms with Gasteiger partial charge in [0.25, 0.3) is 5.88 Å². The summed E-state index contributed by atoms with van der Waals surface area (Å²) in [6, 6.07) is 0.743. The largest absolute Gasteiger partial charge is 0.574 e. The highest BCUT2D eigenvalue weighted by Gasteiger charge is 2.33. The van der Waals surface area contributed by atoms with Crippen molar-refractivity contribution in [3.05, 3.63) is 23.1 Å². The Kier molecular flexibility index (Phi) is 3.93. The summed E-state index contributed by atoms with van der Waals surface area (Å²) in [4.78, 5) is 3.20. The lowest BCUT2D eigenvalue weighted by Crippen LogP contribution is -2.19. The molecule has 0 amide bonds. The van der Waals surface area contributed by atoms with Crippen LogP contribution in [0.4, 0.5) is 17.6 Å². The fraction of sp³-hybridized carbons (Fsp3) is 0.375. The molecule has 1 N–H and O–H groups in total. The average Bonchev–Trinajstić information content (AvgIpc) is 2.18. The number of aliphatic hydroxyl groups excluding tert-OH is 1. The number of rotatable bonds is 3. The van der Waals surface area contributed by atoms with E-state index < -0.39 is 24.7 Å². The molecule has 0 aliphatic rings. The first-order valence-corrected chi connectivity index (χ1v) is 4.51. The van der Waals surface area contributed by atoms with Gasteiger partial charge in [0, 0.05) is 5.88 Å². The molecule has 0 saturated heterocycles. The maximum Gasteiger partial charge on any atom is 0.574 e. The molecule has 3 nitrogen and oxygen atoms in total. The van der Waals surface area contributed by atoms with Crippen LogP contribution in [0.5, 0.6) is 5.88 Å². The molecule has 0 atom stereocenters. The molecule has 0 saturated carbocycles. The van der Waals surface area contributed by atoms with Gasteiger partial charge in [0.15, 0.2) is 5.82 Å². The van der Waals surface area contributed by atoms with E-state index in [0.717, 1.165) is 6.07 Å². The highest BCUT2D eigenvalue weighted by Crippen LogP contribution is 2.25. The van der Waals surface area contributed by atoms with Crippen molar-refractivity contribution < 1.29 is 27.4 Å². The normalized spacial score (nSPS) is 11.6. The van der Waals surface area contributed by atoms with Crippen LogP contribution in [0.15, 0.2) is 6.07 Å². The van der Waals surface area contributed by atoms with Crippen LogP contribution in [0.25, 0.3) is 0 Å². The van der Waals surface area contributed by atoms with Crippen molar-refractivity contribution >= 4 is 11.6 Å². The highest BCUT2D eigenvalue weighted by atomic mass is 35.5. The number of pyridine rings is 1. The molecule has 0 aliphatic carbocycles. The van der Waals surface area contributed by atoms with Gasteiger partial charge in [0.1, 0.15) is 0 Å². The van der Waals surface area contributed by atoms with Gasteiger partial charge < -0.3 is 9.84 Å². The number of ether oxygens (including phenoxy) is 1. The molecule has 1 heterocycles. The molecule has 0 aliphatic heterocycles.